The molecule has 2 N–H and O–H groups in total. The van der Waals surface area contributed by atoms with E-state index in [1.54, 1.807) is 0 Å². The predicted molar refractivity (Wildman–Crippen MR) is 58.9 cm³/mol. The Morgan fingerprint density at radius 3 is 3.00 bits per heavy atom. The number of hydrogen-bond donors (Lipinski definition) is 2. The standard InChI is InChI=1S/C12H13NO2/c14-12(15)6-2-4-9-3-1-5-11-10(9)7-8-13-11/h1,3,5,7-8,13H,2,4,6H2,(H,14,15). The minimum atomic E-state index is -0.726. The van der Waals surface area contributed by atoms with E-state index in [0.717, 1.165) is 11.9 Å². The van der Waals surface area contributed by atoms with Gasteiger partial charge >= 0.3 is 5.97 Å². The highest BCUT2D eigenvalue weighted by Crippen LogP contribution is 2.18. The number of benzene rings is 1. The molecule has 3 heteroatoms. The van der Waals surface area contributed by atoms with Crippen molar-refractivity contribution in [2.24, 2.45) is 0 Å². The van der Waals surface area contributed by atoms with Crippen LogP contribution in [0.3, 0.4) is 0 Å². The molecule has 0 radical (unpaired) electrons. The Labute approximate surface area is 87.7 Å². The lowest BCUT2D eigenvalue weighted by Crippen LogP contribution is -1.96. The Morgan fingerprint density at radius 1 is 1.33 bits per heavy atom. The number of carboxylic acids is 1. The van der Waals surface area contributed by atoms with Gasteiger partial charge in [-0.2, -0.15) is 0 Å². The summed E-state index contributed by atoms with van der Waals surface area (Å²) in [6.07, 6.45) is 3.66. The van der Waals surface area contributed by atoms with Gasteiger partial charge in [0, 0.05) is 23.5 Å². The fraction of sp³-hybridized carbons (Fsp3) is 0.250. The molecule has 2 aromatic rings. The lowest BCUT2D eigenvalue weighted by Gasteiger charge is -2.01. The Bertz CT molecular complexity index is 473. The van der Waals surface area contributed by atoms with E-state index in [1.807, 2.05) is 24.4 Å². The topological polar surface area (TPSA) is 53.1 Å². The van der Waals surface area contributed by atoms with Crippen LogP contribution < -0.4 is 0 Å². The number of aromatic amines is 1. The Balaban J connectivity index is 2.13. The maximum atomic E-state index is 10.4. The minimum Gasteiger partial charge on any atom is -0.481 e. The summed E-state index contributed by atoms with van der Waals surface area (Å²) in [4.78, 5) is 13.5. The second-order valence-corrected chi connectivity index (χ2v) is 3.60. The van der Waals surface area contributed by atoms with E-state index in [0.29, 0.717) is 6.42 Å². The Morgan fingerprint density at radius 2 is 2.20 bits per heavy atom. The fourth-order valence-corrected chi connectivity index (χ4v) is 1.80. The zero-order valence-corrected chi connectivity index (χ0v) is 8.36. The smallest absolute Gasteiger partial charge is 0.303 e. The monoisotopic (exact) mass is 203 g/mol. The maximum Gasteiger partial charge on any atom is 0.303 e. The Kier molecular flexibility index (Phi) is 2.72. The molecule has 0 fully saturated rings. The predicted octanol–water partition coefficient (Wildman–Crippen LogP) is 2.58. The average molecular weight is 203 g/mol. The first-order valence-electron chi connectivity index (χ1n) is 5.04. The third-order valence-corrected chi connectivity index (χ3v) is 2.52. The molecule has 1 aromatic carbocycles. The van der Waals surface area contributed by atoms with E-state index < -0.39 is 5.97 Å². The number of aromatic nitrogens is 1. The van der Waals surface area contributed by atoms with E-state index in [2.05, 4.69) is 11.1 Å². The Hall–Kier alpha value is -1.77. The molecule has 0 amide bonds. The summed E-state index contributed by atoms with van der Waals surface area (Å²) in [5, 5.41) is 9.76. The van der Waals surface area contributed by atoms with Gasteiger partial charge in [0.25, 0.3) is 0 Å². The highest BCUT2D eigenvalue weighted by atomic mass is 16.4. The molecule has 0 saturated heterocycles. The van der Waals surface area contributed by atoms with Gasteiger partial charge in [-0.15, -0.1) is 0 Å². The first-order valence-corrected chi connectivity index (χ1v) is 5.04. The quantitative estimate of drug-likeness (QED) is 0.802. The lowest BCUT2D eigenvalue weighted by molar-refractivity contribution is -0.137. The van der Waals surface area contributed by atoms with Crippen LogP contribution >= 0.6 is 0 Å². The molecule has 0 spiro atoms. The summed E-state index contributed by atoms with van der Waals surface area (Å²) in [5.74, 6) is -0.726. The van der Waals surface area contributed by atoms with Crippen LogP contribution in [-0.4, -0.2) is 16.1 Å². The fourth-order valence-electron chi connectivity index (χ4n) is 1.80. The summed E-state index contributed by atoms with van der Waals surface area (Å²) in [5.41, 5.74) is 2.33. The number of carboxylic acid groups (broad SMARTS) is 1. The van der Waals surface area contributed by atoms with Crippen molar-refractivity contribution in [1.29, 1.82) is 0 Å². The van der Waals surface area contributed by atoms with Gasteiger partial charge in [-0.3, -0.25) is 4.79 Å². The van der Waals surface area contributed by atoms with Crippen molar-refractivity contribution >= 4 is 16.9 Å². The van der Waals surface area contributed by atoms with Crippen LogP contribution in [0, 0.1) is 0 Å². The van der Waals surface area contributed by atoms with E-state index in [4.69, 9.17) is 5.11 Å². The molecule has 0 aliphatic heterocycles. The third kappa shape index (κ3) is 2.18. The zero-order chi connectivity index (χ0) is 10.7. The molecule has 3 nitrogen and oxygen atoms in total. The van der Waals surface area contributed by atoms with Crippen molar-refractivity contribution in [3.05, 3.63) is 36.0 Å². The molecule has 1 heterocycles. The molecule has 15 heavy (non-hydrogen) atoms. The molecular formula is C12H13NO2. The molecule has 78 valence electrons. The van der Waals surface area contributed by atoms with E-state index in [1.165, 1.54) is 10.9 Å². The normalized spacial score (nSPS) is 10.7. The van der Waals surface area contributed by atoms with Crippen molar-refractivity contribution in [3.8, 4) is 0 Å². The minimum absolute atomic E-state index is 0.237. The lowest BCUT2D eigenvalue weighted by atomic mass is 10.0. The number of hydrogen-bond acceptors (Lipinski definition) is 1. The highest BCUT2D eigenvalue weighted by molar-refractivity contribution is 5.82. The first-order chi connectivity index (χ1) is 7.27. The number of aryl methyl sites for hydroxylation is 1. The van der Waals surface area contributed by atoms with Crippen molar-refractivity contribution in [1.82, 2.24) is 4.98 Å². The summed E-state index contributed by atoms with van der Waals surface area (Å²) in [6, 6.07) is 8.11. The summed E-state index contributed by atoms with van der Waals surface area (Å²) in [7, 11) is 0. The van der Waals surface area contributed by atoms with Gasteiger partial charge in [-0.25, -0.2) is 0 Å². The average Bonchev–Trinajstić information content (AvgIpc) is 2.65. The molecule has 0 atom stereocenters. The van der Waals surface area contributed by atoms with Crippen molar-refractivity contribution in [3.63, 3.8) is 0 Å². The van der Waals surface area contributed by atoms with Crippen LogP contribution in [0.4, 0.5) is 0 Å². The van der Waals surface area contributed by atoms with Crippen LogP contribution in [0.15, 0.2) is 30.5 Å². The highest BCUT2D eigenvalue weighted by Gasteiger charge is 2.02. The van der Waals surface area contributed by atoms with Crippen LogP contribution in [0.1, 0.15) is 18.4 Å². The molecule has 0 bridgehead atoms. The number of H-pyrrole nitrogens is 1. The zero-order valence-electron chi connectivity index (χ0n) is 8.36. The number of rotatable bonds is 4. The van der Waals surface area contributed by atoms with Gasteiger partial charge in [-0.1, -0.05) is 12.1 Å². The van der Waals surface area contributed by atoms with E-state index >= 15 is 0 Å². The maximum absolute atomic E-state index is 10.4. The van der Waals surface area contributed by atoms with E-state index in [9.17, 15) is 4.79 Å². The molecule has 0 aliphatic carbocycles. The molecule has 2 rings (SSSR count). The number of carbonyl (C=O) groups is 1. The first kappa shape index (κ1) is 9.77. The van der Waals surface area contributed by atoms with Gasteiger partial charge in [0.15, 0.2) is 0 Å². The third-order valence-electron chi connectivity index (χ3n) is 2.52. The van der Waals surface area contributed by atoms with Crippen LogP contribution in [0.2, 0.25) is 0 Å². The molecule has 1 aromatic heterocycles. The molecule has 0 aliphatic rings. The van der Waals surface area contributed by atoms with E-state index in [-0.39, 0.29) is 6.42 Å². The largest absolute Gasteiger partial charge is 0.481 e. The molecule has 0 unspecified atom stereocenters. The molecular weight excluding hydrogens is 190 g/mol. The van der Waals surface area contributed by atoms with Crippen molar-refractivity contribution in [2.45, 2.75) is 19.3 Å². The van der Waals surface area contributed by atoms with Crippen LogP contribution in [0.25, 0.3) is 10.9 Å². The van der Waals surface area contributed by atoms with Gasteiger partial charge < -0.3 is 10.1 Å². The van der Waals surface area contributed by atoms with Gasteiger partial charge in [0.2, 0.25) is 0 Å². The summed E-state index contributed by atoms with van der Waals surface area (Å²) in [6.45, 7) is 0. The number of fused-ring (bicyclic) bond motifs is 1. The summed E-state index contributed by atoms with van der Waals surface area (Å²) >= 11 is 0. The second-order valence-electron chi connectivity index (χ2n) is 3.60. The van der Waals surface area contributed by atoms with Crippen LogP contribution in [0.5, 0.6) is 0 Å². The number of nitrogens with one attached hydrogen (secondary N) is 1. The number of aliphatic carboxylic acids is 1. The van der Waals surface area contributed by atoms with Gasteiger partial charge in [-0.05, 0) is 30.5 Å². The van der Waals surface area contributed by atoms with Crippen molar-refractivity contribution < 1.29 is 9.90 Å². The SMILES string of the molecule is O=C(O)CCCc1cccc2[nH]ccc12. The van der Waals surface area contributed by atoms with Gasteiger partial charge in [0.05, 0.1) is 0 Å². The van der Waals surface area contributed by atoms with Crippen molar-refractivity contribution in [2.75, 3.05) is 0 Å². The van der Waals surface area contributed by atoms with Crippen LogP contribution in [-0.2, 0) is 11.2 Å². The van der Waals surface area contributed by atoms with Gasteiger partial charge in [0.1, 0.15) is 0 Å². The second kappa shape index (κ2) is 4.17. The molecule has 0 saturated carbocycles. The summed E-state index contributed by atoms with van der Waals surface area (Å²) < 4.78 is 0.